The number of carbonyl (C=O) groups is 2. The molecule has 0 saturated heterocycles. The molecule has 0 spiro atoms. The Hall–Kier alpha value is -3.31. The minimum atomic E-state index is -0.546. The third kappa shape index (κ3) is 4.78. The van der Waals surface area contributed by atoms with E-state index in [4.69, 9.17) is 16.3 Å². The Morgan fingerprint density at radius 2 is 1.66 bits per heavy atom. The molecule has 0 saturated carbocycles. The van der Waals surface area contributed by atoms with Gasteiger partial charge in [-0.2, -0.15) is 0 Å². The van der Waals surface area contributed by atoms with Crippen molar-refractivity contribution in [3.63, 3.8) is 0 Å². The maximum Gasteiger partial charge on any atom is 0.411 e. The second-order valence-corrected chi connectivity index (χ2v) is 8.20. The van der Waals surface area contributed by atoms with Crippen LogP contribution in [0.15, 0.2) is 72.8 Å². The fourth-order valence-corrected chi connectivity index (χ4v) is 3.93. The van der Waals surface area contributed by atoms with Crippen molar-refractivity contribution in [1.82, 2.24) is 0 Å². The Morgan fingerprint density at radius 1 is 0.969 bits per heavy atom. The van der Waals surface area contributed by atoms with Crippen molar-refractivity contribution in [2.24, 2.45) is 5.92 Å². The first-order valence-electron chi connectivity index (χ1n) is 10.7. The topological polar surface area (TPSA) is 58.6 Å². The second kappa shape index (κ2) is 9.88. The zero-order valence-corrected chi connectivity index (χ0v) is 18.6. The summed E-state index contributed by atoms with van der Waals surface area (Å²) < 4.78 is 5.34. The third-order valence-electron chi connectivity index (χ3n) is 5.55. The number of hydrogen-bond donors (Lipinski definition) is 1. The predicted octanol–water partition coefficient (Wildman–Crippen LogP) is 6.07. The first-order valence-corrected chi connectivity index (χ1v) is 11.2. The van der Waals surface area contributed by atoms with E-state index >= 15 is 0 Å². The summed E-state index contributed by atoms with van der Waals surface area (Å²) in [5.74, 6) is -0.182. The van der Waals surface area contributed by atoms with Crippen LogP contribution in [0.3, 0.4) is 0 Å². The molecule has 32 heavy (non-hydrogen) atoms. The molecule has 0 aromatic heterocycles. The Morgan fingerprint density at radius 3 is 2.41 bits per heavy atom. The molecule has 1 aliphatic rings. The minimum absolute atomic E-state index is 0.0700. The van der Waals surface area contributed by atoms with E-state index < -0.39 is 6.09 Å². The van der Waals surface area contributed by atoms with E-state index in [1.54, 1.807) is 4.90 Å². The molecule has 1 atom stereocenters. The molecule has 0 fully saturated rings. The van der Waals surface area contributed by atoms with Crippen molar-refractivity contribution in [2.75, 3.05) is 16.1 Å². The van der Waals surface area contributed by atoms with Crippen LogP contribution in [0.25, 0.3) is 0 Å². The van der Waals surface area contributed by atoms with Crippen molar-refractivity contribution in [3.8, 4) is 0 Å². The van der Waals surface area contributed by atoms with Crippen LogP contribution in [0.4, 0.5) is 21.9 Å². The van der Waals surface area contributed by atoms with Crippen molar-refractivity contribution >= 4 is 40.7 Å². The lowest BCUT2D eigenvalue weighted by atomic mass is 10.0. The number of anilines is 3. The number of nitrogens with one attached hydrogen (secondary N) is 1. The number of para-hydroxylation sites is 1. The van der Waals surface area contributed by atoms with Gasteiger partial charge in [-0.1, -0.05) is 61.5 Å². The van der Waals surface area contributed by atoms with E-state index in [1.807, 2.05) is 79.7 Å². The van der Waals surface area contributed by atoms with Gasteiger partial charge in [-0.3, -0.25) is 15.0 Å². The van der Waals surface area contributed by atoms with Gasteiger partial charge in [0.15, 0.2) is 0 Å². The van der Waals surface area contributed by atoms with Crippen LogP contribution >= 0.6 is 11.6 Å². The fraction of sp³-hybridized carbons (Fsp3) is 0.231. The molecule has 3 aromatic carbocycles. The summed E-state index contributed by atoms with van der Waals surface area (Å²) >= 11 is 6.03. The van der Waals surface area contributed by atoms with Crippen LogP contribution in [-0.2, 0) is 29.0 Å². The summed E-state index contributed by atoms with van der Waals surface area (Å²) in [4.78, 5) is 27.4. The molecule has 0 bridgehead atoms. The maximum absolute atomic E-state index is 13.3. The predicted molar refractivity (Wildman–Crippen MR) is 128 cm³/mol. The van der Waals surface area contributed by atoms with Crippen LogP contribution in [0.2, 0.25) is 0 Å². The number of hydrogen-bond acceptors (Lipinski definition) is 3. The van der Waals surface area contributed by atoms with E-state index in [0.29, 0.717) is 5.69 Å². The maximum atomic E-state index is 13.3. The van der Waals surface area contributed by atoms with Gasteiger partial charge >= 0.3 is 6.09 Å². The van der Waals surface area contributed by atoms with Crippen molar-refractivity contribution in [1.29, 1.82) is 0 Å². The van der Waals surface area contributed by atoms with Crippen LogP contribution < -0.4 is 10.2 Å². The number of nitrogens with zero attached hydrogens (tertiary/aromatic N) is 1. The second-order valence-electron chi connectivity index (χ2n) is 7.89. The Labute approximate surface area is 193 Å². The minimum Gasteiger partial charge on any atom is -0.444 e. The molecule has 1 heterocycles. The molecule has 0 aliphatic carbocycles. The van der Waals surface area contributed by atoms with Crippen LogP contribution in [0.1, 0.15) is 23.6 Å². The highest BCUT2D eigenvalue weighted by molar-refractivity contribution is 6.20. The van der Waals surface area contributed by atoms with Gasteiger partial charge in [0.1, 0.15) is 6.61 Å². The zero-order chi connectivity index (χ0) is 22.5. The molecular weight excluding hydrogens is 424 g/mol. The lowest BCUT2D eigenvalue weighted by Gasteiger charge is -2.27. The molecule has 0 radical (unpaired) electrons. The number of alkyl halides is 1. The Bertz CT molecular complexity index is 1120. The summed E-state index contributed by atoms with van der Waals surface area (Å²) in [5.41, 5.74) is 5.25. The van der Waals surface area contributed by atoms with Gasteiger partial charge in [-0.15, -0.1) is 11.6 Å². The van der Waals surface area contributed by atoms with E-state index in [1.165, 1.54) is 0 Å². The normalized spacial score (nSPS) is 13.4. The molecule has 1 unspecified atom stereocenters. The van der Waals surface area contributed by atoms with Gasteiger partial charge in [0.25, 0.3) is 0 Å². The SMILES string of the molecule is CC(CCl)C(=O)N1c2ccccc2CCc2ccc(NC(=O)OCc3ccccc3)cc21. The van der Waals surface area contributed by atoms with Crippen molar-refractivity contribution in [3.05, 3.63) is 89.5 Å². The number of amides is 2. The van der Waals surface area contributed by atoms with E-state index in [0.717, 1.165) is 40.9 Å². The molecule has 5 nitrogen and oxygen atoms in total. The average molecular weight is 449 g/mol. The summed E-state index contributed by atoms with van der Waals surface area (Å²) in [6.45, 7) is 2.01. The summed E-state index contributed by atoms with van der Waals surface area (Å²) in [7, 11) is 0. The number of ether oxygens (including phenoxy) is 1. The van der Waals surface area contributed by atoms with Crippen LogP contribution in [0, 0.1) is 5.92 Å². The Balaban J connectivity index is 1.61. The number of rotatable bonds is 5. The van der Waals surface area contributed by atoms with Crippen LogP contribution in [0.5, 0.6) is 0 Å². The highest BCUT2D eigenvalue weighted by Gasteiger charge is 2.29. The van der Waals surface area contributed by atoms with Crippen molar-refractivity contribution in [2.45, 2.75) is 26.4 Å². The standard InChI is InChI=1S/C26H25ClN2O3/c1-18(16-27)25(30)29-23-10-6-5-9-20(23)11-12-21-13-14-22(15-24(21)29)28-26(31)32-17-19-7-3-2-4-8-19/h2-10,13-15,18H,11-12,16-17H2,1H3,(H,28,31). The van der Waals surface area contributed by atoms with Gasteiger partial charge in [0.2, 0.25) is 5.91 Å². The van der Waals surface area contributed by atoms with Gasteiger partial charge in [0, 0.05) is 17.5 Å². The monoisotopic (exact) mass is 448 g/mol. The third-order valence-corrected chi connectivity index (χ3v) is 6.02. The van der Waals surface area contributed by atoms with E-state index in [9.17, 15) is 9.59 Å². The lowest BCUT2D eigenvalue weighted by Crippen LogP contribution is -2.32. The first kappa shape index (κ1) is 21.9. The molecular formula is C26H25ClN2O3. The summed E-state index contributed by atoms with van der Waals surface area (Å²) in [6.07, 6.45) is 1.08. The van der Waals surface area contributed by atoms with E-state index in [2.05, 4.69) is 5.32 Å². The molecule has 1 aliphatic heterocycles. The average Bonchev–Trinajstić information content (AvgIpc) is 2.99. The quantitative estimate of drug-likeness (QED) is 0.481. The fourth-order valence-electron chi connectivity index (χ4n) is 3.80. The van der Waals surface area contributed by atoms with Gasteiger partial charge < -0.3 is 4.74 Å². The number of carbonyl (C=O) groups excluding carboxylic acids is 2. The van der Waals surface area contributed by atoms with Gasteiger partial charge in [-0.05, 0) is 47.7 Å². The smallest absolute Gasteiger partial charge is 0.411 e. The summed E-state index contributed by atoms with van der Waals surface area (Å²) in [6, 6.07) is 23.1. The molecule has 164 valence electrons. The number of aryl methyl sites for hydroxylation is 2. The molecule has 3 aromatic rings. The molecule has 4 rings (SSSR count). The van der Waals surface area contributed by atoms with Gasteiger partial charge in [0.05, 0.1) is 11.4 Å². The summed E-state index contributed by atoms with van der Waals surface area (Å²) in [5, 5.41) is 2.78. The number of benzene rings is 3. The lowest BCUT2D eigenvalue weighted by molar-refractivity contribution is -0.120. The van der Waals surface area contributed by atoms with Crippen molar-refractivity contribution < 1.29 is 14.3 Å². The molecule has 1 N–H and O–H groups in total. The highest BCUT2D eigenvalue weighted by atomic mass is 35.5. The first-order chi connectivity index (χ1) is 15.6. The van der Waals surface area contributed by atoms with E-state index in [-0.39, 0.29) is 24.3 Å². The zero-order valence-electron chi connectivity index (χ0n) is 17.9. The largest absolute Gasteiger partial charge is 0.444 e. The highest BCUT2D eigenvalue weighted by Crippen LogP contribution is 2.38. The number of halogens is 1. The number of fused-ring (bicyclic) bond motifs is 2. The Kier molecular flexibility index (Phi) is 6.76. The van der Waals surface area contributed by atoms with Crippen LogP contribution in [-0.4, -0.2) is 17.9 Å². The molecule has 6 heteroatoms. The van der Waals surface area contributed by atoms with Gasteiger partial charge in [-0.25, -0.2) is 4.79 Å². The molecule has 2 amide bonds.